The van der Waals surface area contributed by atoms with Crippen molar-refractivity contribution in [3.05, 3.63) is 52.9 Å². The highest BCUT2D eigenvalue weighted by molar-refractivity contribution is 7.09. The van der Waals surface area contributed by atoms with Crippen molar-refractivity contribution in [1.82, 2.24) is 10.3 Å². The highest BCUT2D eigenvalue weighted by Crippen LogP contribution is 2.22. The quantitative estimate of drug-likeness (QED) is 0.830. The Morgan fingerprint density at radius 3 is 2.90 bits per heavy atom. The molecule has 0 bridgehead atoms. The summed E-state index contributed by atoms with van der Waals surface area (Å²) in [7, 11) is 0. The summed E-state index contributed by atoms with van der Waals surface area (Å²) in [6, 6.07) is 10.4. The summed E-state index contributed by atoms with van der Waals surface area (Å²) in [6.07, 6.45) is 8.38. The molecule has 0 spiro atoms. The second kappa shape index (κ2) is 6.82. The summed E-state index contributed by atoms with van der Waals surface area (Å²) in [5.41, 5.74) is 2.29. The van der Waals surface area contributed by atoms with E-state index in [1.807, 2.05) is 6.07 Å². The van der Waals surface area contributed by atoms with E-state index in [4.69, 9.17) is 4.98 Å². The molecule has 3 heteroatoms. The Morgan fingerprint density at radius 2 is 2.10 bits per heavy atom. The highest BCUT2D eigenvalue weighted by Gasteiger charge is 2.10. The van der Waals surface area contributed by atoms with Crippen molar-refractivity contribution in [1.29, 1.82) is 0 Å². The summed E-state index contributed by atoms with van der Waals surface area (Å²) in [5, 5.41) is 6.87. The van der Waals surface area contributed by atoms with Crippen LogP contribution in [0.5, 0.6) is 0 Å². The molecule has 0 amide bonds. The SMILES string of the molecule is C1=CCC(CNCc2nc(-c3ccccc3)cs2)CC1. The minimum Gasteiger partial charge on any atom is -0.310 e. The van der Waals surface area contributed by atoms with E-state index in [2.05, 4.69) is 47.1 Å². The largest absolute Gasteiger partial charge is 0.310 e. The third kappa shape index (κ3) is 3.56. The zero-order chi connectivity index (χ0) is 13.6. The van der Waals surface area contributed by atoms with Gasteiger partial charge in [-0.25, -0.2) is 4.98 Å². The van der Waals surface area contributed by atoms with Gasteiger partial charge in [0.1, 0.15) is 5.01 Å². The normalized spacial score (nSPS) is 18.3. The van der Waals surface area contributed by atoms with Gasteiger partial charge in [-0.15, -0.1) is 11.3 Å². The minimum absolute atomic E-state index is 0.800. The van der Waals surface area contributed by atoms with Crippen molar-refractivity contribution >= 4 is 11.3 Å². The summed E-state index contributed by atoms with van der Waals surface area (Å²) < 4.78 is 0. The number of aromatic nitrogens is 1. The molecule has 1 aliphatic carbocycles. The van der Waals surface area contributed by atoms with Crippen LogP contribution in [0.15, 0.2) is 47.9 Å². The van der Waals surface area contributed by atoms with Crippen LogP contribution >= 0.6 is 11.3 Å². The van der Waals surface area contributed by atoms with E-state index in [-0.39, 0.29) is 0 Å². The van der Waals surface area contributed by atoms with Crippen LogP contribution in [-0.4, -0.2) is 11.5 Å². The number of nitrogens with one attached hydrogen (secondary N) is 1. The monoisotopic (exact) mass is 284 g/mol. The molecule has 0 saturated carbocycles. The fourth-order valence-corrected chi connectivity index (χ4v) is 3.33. The Bertz CT molecular complexity index is 559. The Kier molecular flexibility index (Phi) is 4.61. The van der Waals surface area contributed by atoms with Crippen LogP contribution < -0.4 is 5.32 Å². The van der Waals surface area contributed by atoms with Crippen LogP contribution in [0.4, 0.5) is 0 Å². The number of benzene rings is 1. The van der Waals surface area contributed by atoms with Gasteiger partial charge in [-0.05, 0) is 31.7 Å². The Morgan fingerprint density at radius 1 is 1.20 bits per heavy atom. The van der Waals surface area contributed by atoms with E-state index in [0.29, 0.717) is 0 Å². The van der Waals surface area contributed by atoms with Gasteiger partial charge in [0, 0.05) is 17.5 Å². The first kappa shape index (κ1) is 13.5. The third-order valence-corrected chi connectivity index (χ3v) is 4.56. The maximum atomic E-state index is 4.71. The number of hydrogen-bond acceptors (Lipinski definition) is 3. The highest BCUT2D eigenvalue weighted by atomic mass is 32.1. The van der Waals surface area contributed by atoms with E-state index in [1.165, 1.54) is 29.8 Å². The molecule has 1 heterocycles. The summed E-state index contributed by atoms with van der Waals surface area (Å²) >= 11 is 1.74. The Hall–Kier alpha value is -1.45. The van der Waals surface area contributed by atoms with Gasteiger partial charge < -0.3 is 5.32 Å². The molecule has 0 fully saturated rings. The van der Waals surface area contributed by atoms with Crippen LogP contribution in [0.1, 0.15) is 24.3 Å². The lowest BCUT2D eigenvalue weighted by Gasteiger charge is -2.17. The second-order valence-electron chi connectivity index (χ2n) is 5.27. The average Bonchev–Trinajstić information content (AvgIpc) is 2.98. The van der Waals surface area contributed by atoms with Crippen LogP contribution in [0.2, 0.25) is 0 Å². The third-order valence-electron chi connectivity index (χ3n) is 3.71. The van der Waals surface area contributed by atoms with Crippen LogP contribution in [-0.2, 0) is 6.54 Å². The number of hydrogen-bond donors (Lipinski definition) is 1. The molecular weight excluding hydrogens is 264 g/mol. The van der Waals surface area contributed by atoms with Crippen molar-refractivity contribution < 1.29 is 0 Å². The maximum Gasteiger partial charge on any atom is 0.107 e. The lowest BCUT2D eigenvalue weighted by atomic mass is 9.94. The van der Waals surface area contributed by atoms with E-state index in [0.717, 1.165) is 24.7 Å². The maximum absolute atomic E-state index is 4.71. The van der Waals surface area contributed by atoms with Gasteiger partial charge in [0.2, 0.25) is 0 Å². The molecule has 1 atom stereocenters. The molecule has 1 unspecified atom stereocenters. The van der Waals surface area contributed by atoms with Crippen LogP contribution in [0.25, 0.3) is 11.3 Å². The smallest absolute Gasteiger partial charge is 0.107 e. The van der Waals surface area contributed by atoms with Crippen molar-refractivity contribution in [2.24, 2.45) is 5.92 Å². The molecule has 2 nitrogen and oxygen atoms in total. The predicted molar refractivity (Wildman–Crippen MR) is 85.7 cm³/mol. The molecule has 3 rings (SSSR count). The Balaban J connectivity index is 1.51. The van der Waals surface area contributed by atoms with Gasteiger partial charge >= 0.3 is 0 Å². The molecular formula is C17H20N2S. The topological polar surface area (TPSA) is 24.9 Å². The fourth-order valence-electron chi connectivity index (χ4n) is 2.56. The van der Waals surface area contributed by atoms with Gasteiger partial charge in [-0.1, -0.05) is 42.5 Å². The number of allylic oxidation sites excluding steroid dienone is 2. The Labute approximate surface area is 124 Å². The zero-order valence-electron chi connectivity index (χ0n) is 11.6. The molecule has 1 N–H and O–H groups in total. The van der Waals surface area contributed by atoms with Gasteiger partial charge in [-0.2, -0.15) is 0 Å². The number of thiazole rings is 1. The molecule has 20 heavy (non-hydrogen) atoms. The van der Waals surface area contributed by atoms with Gasteiger partial charge in [0.25, 0.3) is 0 Å². The molecule has 1 aromatic heterocycles. The van der Waals surface area contributed by atoms with Crippen LogP contribution in [0.3, 0.4) is 0 Å². The van der Waals surface area contributed by atoms with E-state index >= 15 is 0 Å². The first-order valence-corrected chi connectivity index (χ1v) is 8.15. The number of nitrogens with zero attached hydrogens (tertiary/aromatic N) is 1. The van der Waals surface area contributed by atoms with Gasteiger partial charge in [0.15, 0.2) is 0 Å². The molecule has 1 aromatic carbocycles. The average molecular weight is 284 g/mol. The van der Waals surface area contributed by atoms with E-state index in [1.54, 1.807) is 11.3 Å². The number of rotatable bonds is 5. The van der Waals surface area contributed by atoms with E-state index in [9.17, 15) is 0 Å². The lowest BCUT2D eigenvalue weighted by Crippen LogP contribution is -2.23. The molecule has 2 aromatic rings. The van der Waals surface area contributed by atoms with Crippen molar-refractivity contribution in [3.8, 4) is 11.3 Å². The molecule has 1 aliphatic rings. The van der Waals surface area contributed by atoms with Crippen molar-refractivity contribution in [2.75, 3.05) is 6.54 Å². The first-order valence-electron chi connectivity index (χ1n) is 7.27. The molecule has 0 radical (unpaired) electrons. The zero-order valence-corrected chi connectivity index (χ0v) is 12.4. The lowest BCUT2D eigenvalue weighted by molar-refractivity contribution is 0.440. The summed E-state index contributed by atoms with van der Waals surface area (Å²) in [6.45, 7) is 1.99. The van der Waals surface area contributed by atoms with Crippen LogP contribution in [0, 0.1) is 5.92 Å². The van der Waals surface area contributed by atoms with Gasteiger partial charge in [-0.3, -0.25) is 0 Å². The van der Waals surface area contributed by atoms with Crippen molar-refractivity contribution in [2.45, 2.75) is 25.8 Å². The predicted octanol–water partition coefficient (Wildman–Crippen LogP) is 4.26. The van der Waals surface area contributed by atoms with Gasteiger partial charge in [0.05, 0.1) is 5.69 Å². The molecule has 0 saturated heterocycles. The first-order chi connectivity index (χ1) is 9.92. The molecule has 0 aliphatic heterocycles. The summed E-state index contributed by atoms with van der Waals surface area (Å²) in [5.74, 6) is 0.800. The summed E-state index contributed by atoms with van der Waals surface area (Å²) in [4.78, 5) is 4.71. The molecule has 104 valence electrons. The van der Waals surface area contributed by atoms with Crippen molar-refractivity contribution in [3.63, 3.8) is 0 Å². The standard InChI is InChI=1S/C17H20N2S/c1-3-7-14(8-4-1)11-18-12-17-19-16(13-20-17)15-9-5-2-6-10-15/h1-3,5-6,9-10,13-14,18H,4,7-8,11-12H2. The minimum atomic E-state index is 0.800. The fraction of sp³-hybridized carbons (Fsp3) is 0.353. The van der Waals surface area contributed by atoms with E-state index < -0.39 is 0 Å². The second-order valence-corrected chi connectivity index (χ2v) is 6.22.